The molecule has 1 aromatic carbocycles. The average Bonchev–Trinajstić information content (AvgIpc) is 3.09. The summed E-state index contributed by atoms with van der Waals surface area (Å²) in [6.07, 6.45) is 2.34. The largest absolute Gasteiger partial charge is 0.342 e. The molecule has 0 spiro atoms. The minimum atomic E-state index is -0.271. The number of carbonyl (C=O) groups excluding carboxylic acids is 2. The number of thiazole rings is 1. The van der Waals surface area contributed by atoms with Crippen LogP contribution in [0.15, 0.2) is 18.2 Å². The molecule has 1 atom stereocenters. The number of hydrogen-bond donors (Lipinski definition) is 1. The molecule has 122 valence electrons. The van der Waals surface area contributed by atoms with Crippen LogP contribution in [0.4, 0.5) is 5.13 Å². The lowest BCUT2D eigenvalue weighted by Gasteiger charge is -2.15. The molecule has 1 fully saturated rings. The minimum absolute atomic E-state index is 0.0822. The molecule has 1 N–H and O–H groups in total. The first-order chi connectivity index (χ1) is 11.1. The maximum atomic E-state index is 12.4. The predicted molar refractivity (Wildman–Crippen MR) is 92.6 cm³/mol. The molecule has 1 aromatic heterocycles. The van der Waals surface area contributed by atoms with E-state index in [0.717, 1.165) is 35.2 Å². The number of benzene rings is 1. The minimum Gasteiger partial charge on any atom is -0.342 e. The highest BCUT2D eigenvalue weighted by Crippen LogP contribution is 2.29. The highest BCUT2D eigenvalue weighted by Gasteiger charge is 2.34. The van der Waals surface area contributed by atoms with E-state index < -0.39 is 0 Å². The second kappa shape index (κ2) is 6.66. The molecular formula is C17H21N3O2S. The number of aryl methyl sites for hydroxylation is 1. The number of aromatic nitrogens is 1. The molecule has 1 saturated heterocycles. The Hall–Kier alpha value is -1.95. The van der Waals surface area contributed by atoms with Gasteiger partial charge in [0.15, 0.2) is 5.13 Å². The van der Waals surface area contributed by atoms with E-state index in [1.54, 1.807) is 4.90 Å². The molecule has 2 amide bonds. The van der Waals surface area contributed by atoms with Gasteiger partial charge in [-0.15, -0.1) is 0 Å². The number of fused-ring (bicyclic) bond motifs is 1. The third-order valence-electron chi connectivity index (χ3n) is 4.22. The average molecular weight is 331 g/mol. The standard InChI is InChI=1S/C17H21N3O2S/c1-3-4-8-20-10-12(9-14(20)21)16(22)19-17-18-15-11(2)6-5-7-13(15)23-17/h5-7,12H,3-4,8-10H2,1-2H3,(H,18,19,22)/t12-/m1/s1. The van der Waals surface area contributed by atoms with Gasteiger partial charge in [0.25, 0.3) is 0 Å². The SMILES string of the molecule is CCCCN1C[C@H](C(=O)Nc2nc3c(C)cccc3s2)CC1=O. The second-order valence-electron chi connectivity index (χ2n) is 6.02. The van der Waals surface area contributed by atoms with Crippen molar-refractivity contribution in [2.24, 2.45) is 5.92 Å². The van der Waals surface area contributed by atoms with Gasteiger partial charge in [0.05, 0.1) is 16.1 Å². The fourth-order valence-electron chi connectivity index (χ4n) is 2.86. The monoisotopic (exact) mass is 331 g/mol. The van der Waals surface area contributed by atoms with Gasteiger partial charge in [-0.05, 0) is 25.0 Å². The Morgan fingerprint density at radius 3 is 3.04 bits per heavy atom. The summed E-state index contributed by atoms with van der Waals surface area (Å²) in [4.78, 5) is 30.7. The van der Waals surface area contributed by atoms with Gasteiger partial charge >= 0.3 is 0 Å². The number of likely N-dealkylation sites (tertiary alicyclic amines) is 1. The van der Waals surface area contributed by atoms with Crippen molar-refractivity contribution in [3.63, 3.8) is 0 Å². The zero-order chi connectivity index (χ0) is 16.4. The van der Waals surface area contributed by atoms with Crippen LogP contribution in [0.3, 0.4) is 0 Å². The van der Waals surface area contributed by atoms with Crippen LogP contribution in [0.1, 0.15) is 31.7 Å². The number of hydrogen-bond acceptors (Lipinski definition) is 4. The maximum absolute atomic E-state index is 12.4. The van der Waals surface area contributed by atoms with Crippen LogP contribution in [-0.2, 0) is 9.59 Å². The van der Waals surface area contributed by atoms with Crippen LogP contribution in [-0.4, -0.2) is 34.8 Å². The van der Waals surface area contributed by atoms with Crippen molar-refractivity contribution in [3.05, 3.63) is 23.8 Å². The van der Waals surface area contributed by atoms with Crippen LogP contribution in [0.25, 0.3) is 10.2 Å². The van der Waals surface area contributed by atoms with Gasteiger partial charge in [-0.1, -0.05) is 36.8 Å². The van der Waals surface area contributed by atoms with Gasteiger partial charge in [-0.25, -0.2) is 4.98 Å². The highest BCUT2D eigenvalue weighted by molar-refractivity contribution is 7.22. The van der Waals surface area contributed by atoms with E-state index >= 15 is 0 Å². The molecule has 2 aromatic rings. The van der Waals surface area contributed by atoms with E-state index in [4.69, 9.17) is 0 Å². The Balaban J connectivity index is 1.67. The summed E-state index contributed by atoms with van der Waals surface area (Å²) in [5, 5.41) is 3.50. The molecule has 0 radical (unpaired) electrons. The van der Waals surface area contributed by atoms with Crippen molar-refractivity contribution < 1.29 is 9.59 Å². The van der Waals surface area contributed by atoms with Crippen molar-refractivity contribution in [2.75, 3.05) is 18.4 Å². The Morgan fingerprint density at radius 1 is 1.48 bits per heavy atom. The lowest BCUT2D eigenvalue weighted by Crippen LogP contribution is -2.29. The Kier molecular flexibility index (Phi) is 4.61. The first kappa shape index (κ1) is 15.9. The summed E-state index contributed by atoms with van der Waals surface area (Å²) in [6, 6.07) is 6.00. The van der Waals surface area contributed by atoms with Crippen LogP contribution in [0, 0.1) is 12.8 Å². The molecule has 0 aliphatic carbocycles. The third-order valence-corrected chi connectivity index (χ3v) is 5.15. The first-order valence-electron chi connectivity index (χ1n) is 8.03. The summed E-state index contributed by atoms with van der Waals surface area (Å²) < 4.78 is 1.06. The van der Waals surface area contributed by atoms with Gasteiger partial charge in [0.2, 0.25) is 11.8 Å². The molecular weight excluding hydrogens is 310 g/mol. The molecule has 1 aliphatic rings. The lowest BCUT2D eigenvalue weighted by molar-refractivity contribution is -0.128. The van der Waals surface area contributed by atoms with Crippen LogP contribution >= 0.6 is 11.3 Å². The molecule has 0 saturated carbocycles. The topological polar surface area (TPSA) is 62.3 Å². The third kappa shape index (κ3) is 3.37. The zero-order valence-corrected chi connectivity index (χ0v) is 14.3. The number of para-hydroxylation sites is 1. The van der Waals surface area contributed by atoms with Crippen molar-refractivity contribution >= 4 is 38.5 Å². The molecule has 0 bridgehead atoms. The molecule has 1 aliphatic heterocycles. The van der Waals surface area contributed by atoms with E-state index in [1.807, 2.05) is 25.1 Å². The van der Waals surface area contributed by atoms with E-state index in [1.165, 1.54) is 11.3 Å². The summed E-state index contributed by atoms with van der Waals surface area (Å²) in [5.74, 6) is -0.291. The zero-order valence-electron chi connectivity index (χ0n) is 13.5. The van der Waals surface area contributed by atoms with Crippen LogP contribution in [0.2, 0.25) is 0 Å². The normalized spacial score (nSPS) is 17.9. The van der Waals surface area contributed by atoms with Crippen molar-refractivity contribution in [1.82, 2.24) is 9.88 Å². The van der Waals surface area contributed by atoms with E-state index in [-0.39, 0.29) is 17.7 Å². The number of nitrogens with one attached hydrogen (secondary N) is 1. The first-order valence-corrected chi connectivity index (χ1v) is 8.85. The fraction of sp³-hybridized carbons (Fsp3) is 0.471. The van der Waals surface area contributed by atoms with Crippen molar-refractivity contribution in [2.45, 2.75) is 33.1 Å². The van der Waals surface area contributed by atoms with E-state index in [9.17, 15) is 9.59 Å². The summed E-state index contributed by atoms with van der Waals surface area (Å²) in [6.45, 7) is 5.38. The fourth-order valence-corrected chi connectivity index (χ4v) is 3.81. The molecule has 3 rings (SSSR count). The van der Waals surface area contributed by atoms with Gasteiger partial charge < -0.3 is 10.2 Å². The summed E-state index contributed by atoms with van der Waals surface area (Å²) in [5.41, 5.74) is 2.03. The highest BCUT2D eigenvalue weighted by atomic mass is 32.1. The van der Waals surface area contributed by atoms with Crippen LogP contribution in [0.5, 0.6) is 0 Å². The van der Waals surface area contributed by atoms with Gasteiger partial charge in [0.1, 0.15) is 0 Å². The Bertz CT molecular complexity index is 741. The number of nitrogens with zero attached hydrogens (tertiary/aromatic N) is 2. The number of carbonyl (C=O) groups is 2. The number of unbranched alkanes of at least 4 members (excludes halogenated alkanes) is 1. The molecule has 2 heterocycles. The molecule has 0 unspecified atom stereocenters. The maximum Gasteiger partial charge on any atom is 0.231 e. The quantitative estimate of drug-likeness (QED) is 0.915. The van der Waals surface area contributed by atoms with Gasteiger partial charge in [0, 0.05) is 19.5 Å². The van der Waals surface area contributed by atoms with Crippen LogP contribution < -0.4 is 5.32 Å². The Morgan fingerprint density at radius 2 is 2.30 bits per heavy atom. The van der Waals surface area contributed by atoms with Gasteiger partial charge in [-0.3, -0.25) is 9.59 Å². The molecule has 23 heavy (non-hydrogen) atoms. The van der Waals surface area contributed by atoms with E-state index in [2.05, 4.69) is 17.2 Å². The van der Waals surface area contributed by atoms with Gasteiger partial charge in [-0.2, -0.15) is 0 Å². The number of rotatable bonds is 5. The van der Waals surface area contributed by atoms with Crippen molar-refractivity contribution in [3.8, 4) is 0 Å². The predicted octanol–water partition coefficient (Wildman–Crippen LogP) is 3.19. The molecule has 6 heteroatoms. The second-order valence-corrected chi connectivity index (χ2v) is 7.05. The smallest absolute Gasteiger partial charge is 0.231 e. The summed E-state index contributed by atoms with van der Waals surface area (Å²) >= 11 is 1.47. The summed E-state index contributed by atoms with van der Waals surface area (Å²) in [7, 11) is 0. The number of anilines is 1. The number of amides is 2. The molecule has 5 nitrogen and oxygen atoms in total. The lowest BCUT2D eigenvalue weighted by atomic mass is 10.1. The Labute approximate surface area is 139 Å². The van der Waals surface area contributed by atoms with E-state index in [0.29, 0.717) is 18.1 Å². The van der Waals surface area contributed by atoms with Crippen molar-refractivity contribution in [1.29, 1.82) is 0 Å².